The van der Waals surface area contributed by atoms with Crippen LogP contribution >= 0.6 is 8.73 Å². The molecule has 0 amide bonds. The van der Waals surface area contributed by atoms with Crippen molar-refractivity contribution in [3.05, 3.63) is 23.0 Å². The van der Waals surface area contributed by atoms with Crippen LogP contribution in [0.4, 0.5) is 0 Å². The third kappa shape index (κ3) is 2.13. The van der Waals surface area contributed by atoms with Gasteiger partial charge in [0.25, 0.3) is 5.56 Å². The van der Waals surface area contributed by atoms with Crippen molar-refractivity contribution in [2.45, 2.75) is 24.2 Å². The van der Waals surface area contributed by atoms with Crippen molar-refractivity contribution in [2.75, 3.05) is 6.61 Å². The van der Waals surface area contributed by atoms with Crippen molar-refractivity contribution in [2.24, 2.45) is 0 Å². The van der Waals surface area contributed by atoms with E-state index in [1.54, 1.807) is 4.34 Å². The Morgan fingerprint density at radius 3 is 2.90 bits per heavy atom. The molecule has 3 heterocycles. The number of ether oxygens (including phenoxy) is 1. The van der Waals surface area contributed by atoms with E-state index >= 15 is 0 Å². The van der Waals surface area contributed by atoms with E-state index in [0.717, 1.165) is 0 Å². The molecule has 20 heavy (non-hydrogen) atoms. The second kappa shape index (κ2) is 5.19. The summed E-state index contributed by atoms with van der Waals surface area (Å²) in [6.45, 7) is -0.373. The summed E-state index contributed by atoms with van der Waals surface area (Å²) in [6, 6.07) is 0. The van der Waals surface area contributed by atoms with Gasteiger partial charge in [0.2, 0.25) is 0 Å². The summed E-state index contributed by atoms with van der Waals surface area (Å²) in [4.78, 5) is 21.9. The lowest BCUT2D eigenvalue weighted by Crippen LogP contribution is -2.33. The Labute approximate surface area is 114 Å². The van der Waals surface area contributed by atoms with Gasteiger partial charge in [-0.1, -0.05) is 0 Å². The van der Waals surface area contributed by atoms with Gasteiger partial charge in [-0.25, -0.2) is 9.97 Å². The zero-order chi connectivity index (χ0) is 14.3. The van der Waals surface area contributed by atoms with Crippen LogP contribution in [0.3, 0.4) is 0 Å². The maximum atomic E-state index is 11.5. The van der Waals surface area contributed by atoms with Crippen LogP contribution in [0, 0.1) is 0 Å². The van der Waals surface area contributed by atoms with Crippen molar-refractivity contribution in [1.29, 1.82) is 0 Å². The molecule has 5 atom stereocenters. The normalized spacial score (nSPS) is 30.8. The number of fused-ring (bicyclic) bond motifs is 1. The number of nitrogens with one attached hydrogen (secondary N) is 1. The van der Waals surface area contributed by atoms with Crippen molar-refractivity contribution in [1.82, 2.24) is 19.3 Å². The number of rotatable bonds is 3. The zero-order valence-corrected chi connectivity index (χ0v) is 11.2. The monoisotopic (exact) mass is 300 g/mol. The smallest absolute Gasteiger partial charge is 0.278 e. The molecule has 1 aliphatic heterocycles. The van der Waals surface area contributed by atoms with Gasteiger partial charge in [-0.05, 0) is 0 Å². The largest absolute Gasteiger partial charge is 0.394 e. The average molecular weight is 300 g/mol. The maximum Gasteiger partial charge on any atom is 0.278 e. The topological polar surface area (TPSA) is 133 Å². The summed E-state index contributed by atoms with van der Waals surface area (Å²) in [6.07, 6.45) is -0.354. The molecular weight excluding hydrogens is 287 g/mol. The number of aliphatic hydroxyl groups excluding tert-OH is 3. The van der Waals surface area contributed by atoms with Crippen LogP contribution in [-0.2, 0) is 4.74 Å². The third-order valence-corrected chi connectivity index (χ3v) is 4.49. The first-order chi connectivity index (χ1) is 9.61. The van der Waals surface area contributed by atoms with Gasteiger partial charge in [-0.15, -0.1) is 0 Å². The molecule has 2 aromatic heterocycles. The van der Waals surface area contributed by atoms with E-state index in [2.05, 4.69) is 15.0 Å². The molecule has 108 valence electrons. The van der Waals surface area contributed by atoms with Gasteiger partial charge in [0, 0.05) is 8.73 Å². The van der Waals surface area contributed by atoms with E-state index < -0.39 is 24.2 Å². The average Bonchev–Trinajstić information content (AvgIpc) is 2.97. The highest BCUT2D eigenvalue weighted by molar-refractivity contribution is 7.37. The van der Waals surface area contributed by atoms with Gasteiger partial charge >= 0.3 is 0 Å². The Morgan fingerprint density at radius 2 is 2.20 bits per heavy atom. The van der Waals surface area contributed by atoms with Crippen molar-refractivity contribution < 1.29 is 20.1 Å². The highest BCUT2D eigenvalue weighted by Crippen LogP contribution is 2.35. The molecule has 4 N–H and O–H groups in total. The van der Waals surface area contributed by atoms with Crippen LogP contribution in [0.5, 0.6) is 0 Å². The van der Waals surface area contributed by atoms with Gasteiger partial charge in [-0.3, -0.25) is 9.13 Å². The molecule has 0 saturated carbocycles. The summed E-state index contributed by atoms with van der Waals surface area (Å²) in [5, 5.41) is 28.6. The minimum Gasteiger partial charge on any atom is -0.394 e. The van der Waals surface area contributed by atoms with Gasteiger partial charge in [0.15, 0.2) is 11.2 Å². The molecule has 3 rings (SSSR count). The molecule has 10 heteroatoms. The number of hydrogen-bond acceptors (Lipinski definition) is 7. The molecule has 0 spiro atoms. The van der Waals surface area contributed by atoms with Crippen LogP contribution in [0.1, 0.15) is 0 Å². The van der Waals surface area contributed by atoms with Crippen LogP contribution < -0.4 is 5.56 Å². The summed E-state index contributed by atoms with van der Waals surface area (Å²) >= 11 is 0. The molecule has 9 nitrogen and oxygen atoms in total. The zero-order valence-electron chi connectivity index (χ0n) is 10.2. The molecule has 1 aliphatic rings. The van der Waals surface area contributed by atoms with E-state index in [4.69, 9.17) is 9.84 Å². The fraction of sp³-hybridized carbons (Fsp3) is 0.500. The minimum absolute atomic E-state index is 0.116. The number of nitrogens with zero attached hydrogens (tertiary/aromatic N) is 3. The third-order valence-electron chi connectivity index (χ3n) is 3.15. The molecule has 0 radical (unpaired) electrons. The first kappa shape index (κ1) is 13.6. The number of H-pyrrole nitrogens is 1. The molecule has 2 unspecified atom stereocenters. The van der Waals surface area contributed by atoms with Gasteiger partial charge in [0.05, 0.1) is 12.9 Å². The first-order valence-corrected chi connectivity index (χ1v) is 6.94. The predicted octanol–water partition coefficient (Wildman–Crippen LogP) is -2.00. The van der Waals surface area contributed by atoms with Gasteiger partial charge in [0.1, 0.15) is 30.5 Å². The molecule has 1 saturated heterocycles. The molecular formula is C10H13N4O5P. The Hall–Kier alpha value is -1.38. The SMILES string of the molecule is O=c1[nH]cnc2c1ncn2PC1O[C@H](CO)[C@@H](O)[C@H]1O. The highest BCUT2D eigenvalue weighted by Gasteiger charge is 2.42. The number of imidazole rings is 1. The van der Waals surface area contributed by atoms with Gasteiger partial charge < -0.3 is 25.0 Å². The molecule has 2 aromatic rings. The van der Waals surface area contributed by atoms with Crippen LogP contribution in [0.15, 0.2) is 17.4 Å². The van der Waals surface area contributed by atoms with Crippen LogP contribution in [0.25, 0.3) is 11.2 Å². The van der Waals surface area contributed by atoms with E-state index in [1.165, 1.54) is 12.7 Å². The fourth-order valence-electron chi connectivity index (χ4n) is 2.08. The molecule has 0 aromatic carbocycles. The molecule has 0 aliphatic carbocycles. The molecule has 0 bridgehead atoms. The Balaban J connectivity index is 1.87. The summed E-state index contributed by atoms with van der Waals surface area (Å²) in [7, 11) is -0.116. The van der Waals surface area contributed by atoms with E-state index in [0.29, 0.717) is 5.65 Å². The van der Waals surface area contributed by atoms with Crippen molar-refractivity contribution in [3.8, 4) is 0 Å². The number of hydrogen-bond donors (Lipinski definition) is 4. The number of aliphatic hydroxyl groups is 3. The van der Waals surface area contributed by atoms with E-state index in [1.807, 2.05) is 0 Å². The Morgan fingerprint density at radius 1 is 1.40 bits per heavy atom. The number of aromatic amines is 1. The van der Waals surface area contributed by atoms with Crippen LogP contribution in [0.2, 0.25) is 0 Å². The fourth-order valence-corrected chi connectivity index (χ4v) is 3.35. The lowest BCUT2D eigenvalue weighted by molar-refractivity contribution is -0.00840. The standard InChI is InChI=1S/C10H13N4O5P/c15-1-4-6(16)7(17)10(19-4)20-14-3-13-5-8(14)11-2-12-9(5)18/h2-4,6-7,10,15-17,20H,1H2,(H,11,12,18)/t4-,6-,7-,10?/m1/s1. The minimum atomic E-state index is -1.14. The summed E-state index contributed by atoms with van der Waals surface area (Å²) in [5.41, 5.74) is 0.233. The molecule has 1 fully saturated rings. The first-order valence-electron chi connectivity index (χ1n) is 5.91. The quantitative estimate of drug-likeness (QED) is 0.482. The van der Waals surface area contributed by atoms with Crippen LogP contribution in [-0.4, -0.2) is 65.4 Å². The second-order valence-corrected chi connectivity index (χ2v) is 5.72. The highest BCUT2D eigenvalue weighted by atomic mass is 31.1. The summed E-state index contributed by atoms with van der Waals surface area (Å²) in [5.74, 6) is -0.680. The Bertz CT molecular complexity index is 673. The maximum absolute atomic E-state index is 11.5. The lowest BCUT2D eigenvalue weighted by atomic mass is 10.2. The second-order valence-electron chi connectivity index (χ2n) is 4.41. The van der Waals surface area contributed by atoms with E-state index in [9.17, 15) is 15.0 Å². The van der Waals surface area contributed by atoms with E-state index in [-0.39, 0.29) is 26.4 Å². The van der Waals surface area contributed by atoms with Crippen molar-refractivity contribution >= 4 is 19.9 Å². The Kier molecular flexibility index (Phi) is 3.53. The number of aromatic nitrogens is 4. The van der Waals surface area contributed by atoms with Gasteiger partial charge in [-0.2, -0.15) is 0 Å². The predicted molar refractivity (Wildman–Crippen MR) is 69.6 cm³/mol. The summed E-state index contributed by atoms with van der Waals surface area (Å²) < 4.78 is 6.98. The lowest BCUT2D eigenvalue weighted by Gasteiger charge is -2.14. The van der Waals surface area contributed by atoms with Crippen molar-refractivity contribution in [3.63, 3.8) is 0 Å².